The summed E-state index contributed by atoms with van der Waals surface area (Å²) < 4.78 is 5.77. The van der Waals surface area contributed by atoms with Gasteiger partial charge in [0.25, 0.3) is 0 Å². The molecule has 0 aliphatic rings. The molecule has 3 rings (SSSR count). The van der Waals surface area contributed by atoms with Gasteiger partial charge < -0.3 is 9.84 Å². The molecule has 0 bridgehead atoms. The average Bonchev–Trinajstić information content (AvgIpc) is 2.95. The van der Waals surface area contributed by atoms with E-state index in [-0.39, 0.29) is 6.61 Å². The summed E-state index contributed by atoms with van der Waals surface area (Å²) in [4.78, 5) is 4.30. The normalized spacial score (nSPS) is 10.8. The van der Waals surface area contributed by atoms with E-state index >= 15 is 0 Å². The van der Waals surface area contributed by atoms with Crippen LogP contribution in [0.15, 0.2) is 47.8 Å². The van der Waals surface area contributed by atoms with Gasteiger partial charge in [0.1, 0.15) is 5.75 Å². The molecule has 0 aliphatic carbocycles. The first kappa shape index (κ1) is 13.1. The van der Waals surface area contributed by atoms with Crippen molar-refractivity contribution < 1.29 is 9.84 Å². The molecule has 0 atom stereocenters. The van der Waals surface area contributed by atoms with E-state index < -0.39 is 0 Å². The highest BCUT2D eigenvalue weighted by Crippen LogP contribution is 2.21. The van der Waals surface area contributed by atoms with Gasteiger partial charge in [-0.15, -0.1) is 11.3 Å². The quantitative estimate of drug-likeness (QED) is 0.781. The van der Waals surface area contributed by atoms with Crippen LogP contribution in [0.5, 0.6) is 5.75 Å². The number of benzene rings is 2. The molecule has 3 aromatic rings. The van der Waals surface area contributed by atoms with Crippen molar-refractivity contribution in [2.75, 3.05) is 6.61 Å². The Labute approximate surface area is 121 Å². The van der Waals surface area contributed by atoms with E-state index in [9.17, 15) is 0 Å². The van der Waals surface area contributed by atoms with Crippen molar-refractivity contribution in [2.45, 2.75) is 13.0 Å². The van der Waals surface area contributed by atoms with Gasteiger partial charge in [-0.3, -0.25) is 0 Å². The lowest BCUT2D eigenvalue weighted by Gasteiger charge is -2.06. The number of nitrogens with zero attached hydrogens (tertiary/aromatic N) is 1. The second kappa shape index (κ2) is 6.03. The summed E-state index contributed by atoms with van der Waals surface area (Å²) in [5.41, 5.74) is 0.732. The number of thiazole rings is 1. The van der Waals surface area contributed by atoms with E-state index in [2.05, 4.69) is 29.2 Å². The highest BCUT2D eigenvalue weighted by molar-refractivity contribution is 7.09. The number of fused-ring (bicyclic) bond motifs is 1. The molecule has 1 N–H and O–H groups in total. The zero-order valence-corrected chi connectivity index (χ0v) is 11.8. The molecule has 0 unspecified atom stereocenters. The van der Waals surface area contributed by atoms with Gasteiger partial charge in [-0.05, 0) is 22.9 Å². The number of hydrogen-bond acceptors (Lipinski definition) is 4. The van der Waals surface area contributed by atoms with Gasteiger partial charge in [-0.1, -0.05) is 30.3 Å². The molecule has 0 saturated heterocycles. The molecule has 3 nitrogen and oxygen atoms in total. The Morgan fingerprint density at radius 1 is 1.10 bits per heavy atom. The standard InChI is InChI=1S/C16H15NO2S/c18-10-14-11-20-16(17-14)7-8-19-15-6-5-12-3-1-2-4-13(12)9-15/h1-6,9,11,18H,7-8,10H2. The van der Waals surface area contributed by atoms with E-state index in [0.717, 1.165) is 22.9 Å². The monoisotopic (exact) mass is 285 g/mol. The lowest BCUT2D eigenvalue weighted by Crippen LogP contribution is -2.01. The largest absolute Gasteiger partial charge is 0.493 e. The summed E-state index contributed by atoms with van der Waals surface area (Å²) in [6, 6.07) is 14.3. The van der Waals surface area contributed by atoms with E-state index in [4.69, 9.17) is 9.84 Å². The molecule has 1 heterocycles. The SMILES string of the molecule is OCc1csc(CCOc2ccc3ccccc3c2)n1. The van der Waals surface area contributed by atoms with Gasteiger partial charge in [-0.25, -0.2) is 4.98 Å². The summed E-state index contributed by atoms with van der Waals surface area (Å²) in [7, 11) is 0. The van der Waals surface area contributed by atoms with Crippen LogP contribution in [0.2, 0.25) is 0 Å². The molecule has 0 saturated carbocycles. The summed E-state index contributed by atoms with van der Waals surface area (Å²) in [6.07, 6.45) is 0.761. The fourth-order valence-corrected chi connectivity index (χ4v) is 2.82. The maximum atomic E-state index is 8.97. The molecule has 0 aliphatic heterocycles. The lowest BCUT2D eigenvalue weighted by atomic mass is 10.1. The minimum absolute atomic E-state index is 0.00202. The Kier molecular flexibility index (Phi) is 3.95. The number of hydrogen-bond donors (Lipinski definition) is 1. The Balaban J connectivity index is 1.62. The molecule has 20 heavy (non-hydrogen) atoms. The van der Waals surface area contributed by atoms with Crippen LogP contribution in [0.3, 0.4) is 0 Å². The van der Waals surface area contributed by atoms with Gasteiger partial charge in [0, 0.05) is 11.8 Å². The fourth-order valence-electron chi connectivity index (χ4n) is 2.05. The van der Waals surface area contributed by atoms with Crippen molar-refractivity contribution >= 4 is 22.1 Å². The molecule has 0 amide bonds. The Morgan fingerprint density at radius 2 is 1.95 bits per heavy atom. The molecule has 0 radical (unpaired) electrons. The van der Waals surface area contributed by atoms with Gasteiger partial charge in [-0.2, -0.15) is 0 Å². The van der Waals surface area contributed by atoms with Crippen LogP contribution >= 0.6 is 11.3 Å². The van der Waals surface area contributed by atoms with Crippen molar-refractivity contribution in [3.05, 3.63) is 58.5 Å². The number of aliphatic hydroxyl groups is 1. The fraction of sp³-hybridized carbons (Fsp3) is 0.188. The minimum atomic E-state index is 0.00202. The van der Waals surface area contributed by atoms with Crippen LogP contribution in [-0.2, 0) is 13.0 Å². The van der Waals surface area contributed by atoms with Crippen LogP contribution in [0.1, 0.15) is 10.7 Å². The van der Waals surface area contributed by atoms with Gasteiger partial charge in [0.05, 0.1) is 23.9 Å². The number of aromatic nitrogens is 1. The predicted molar refractivity (Wildman–Crippen MR) is 81.2 cm³/mol. The van der Waals surface area contributed by atoms with E-state index in [1.165, 1.54) is 10.8 Å². The van der Waals surface area contributed by atoms with Crippen LogP contribution in [-0.4, -0.2) is 16.7 Å². The Bertz CT molecular complexity index is 708. The third-order valence-electron chi connectivity index (χ3n) is 3.07. The van der Waals surface area contributed by atoms with Gasteiger partial charge in [0.2, 0.25) is 0 Å². The third-order valence-corrected chi connectivity index (χ3v) is 4.02. The highest BCUT2D eigenvalue weighted by atomic mass is 32.1. The molecule has 4 heteroatoms. The predicted octanol–water partition coefficient (Wildman–Crippen LogP) is 3.41. The Morgan fingerprint density at radius 3 is 2.75 bits per heavy atom. The molecular formula is C16H15NO2S. The van der Waals surface area contributed by atoms with Crippen molar-refractivity contribution in [3.8, 4) is 5.75 Å². The summed E-state index contributed by atoms with van der Waals surface area (Å²) >= 11 is 1.56. The molecule has 2 aromatic carbocycles. The minimum Gasteiger partial charge on any atom is -0.493 e. The van der Waals surface area contributed by atoms with Crippen molar-refractivity contribution in [3.63, 3.8) is 0 Å². The maximum Gasteiger partial charge on any atom is 0.119 e. The van der Waals surface area contributed by atoms with Gasteiger partial charge in [0.15, 0.2) is 0 Å². The van der Waals surface area contributed by atoms with Crippen LogP contribution in [0, 0.1) is 0 Å². The smallest absolute Gasteiger partial charge is 0.119 e. The topological polar surface area (TPSA) is 42.4 Å². The number of aliphatic hydroxyl groups excluding tert-OH is 1. The van der Waals surface area contributed by atoms with E-state index in [0.29, 0.717) is 6.61 Å². The number of rotatable bonds is 5. The second-order valence-electron chi connectivity index (χ2n) is 4.50. The molecule has 0 fully saturated rings. The van der Waals surface area contributed by atoms with Crippen LogP contribution < -0.4 is 4.74 Å². The maximum absolute atomic E-state index is 8.97. The first-order valence-electron chi connectivity index (χ1n) is 6.51. The highest BCUT2D eigenvalue weighted by Gasteiger charge is 2.02. The summed E-state index contributed by atoms with van der Waals surface area (Å²) in [5, 5.41) is 14.2. The molecule has 1 aromatic heterocycles. The van der Waals surface area contributed by atoms with Crippen molar-refractivity contribution in [2.24, 2.45) is 0 Å². The third kappa shape index (κ3) is 2.98. The summed E-state index contributed by atoms with van der Waals surface area (Å²) in [5.74, 6) is 0.877. The van der Waals surface area contributed by atoms with Gasteiger partial charge >= 0.3 is 0 Å². The zero-order chi connectivity index (χ0) is 13.8. The Hall–Kier alpha value is -1.91. The average molecular weight is 285 g/mol. The molecular weight excluding hydrogens is 270 g/mol. The summed E-state index contributed by atoms with van der Waals surface area (Å²) in [6.45, 7) is 0.596. The van der Waals surface area contributed by atoms with Crippen molar-refractivity contribution in [1.82, 2.24) is 4.98 Å². The first-order valence-corrected chi connectivity index (χ1v) is 7.39. The zero-order valence-electron chi connectivity index (χ0n) is 11.0. The second-order valence-corrected chi connectivity index (χ2v) is 5.44. The first-order chi connectivity index (χ1) is 9.85. The van der Waals surface area contributed by atoms with Crippen molar-refractivity contribution in [1.29, 1.82) is 0 Å². The van der Waals surface area contributed by atoms with Crippen LogP contribution in [0.4, 0.5) is 0 Å². The van der Waals surface area contributed by atoms with E-state index in [1.54, 1.807) is 11.3 Å². The molecule has 102 valence electrons. The lowest BCUT2D eigenvalue weighted by molar-refractivity contribution is 0.277. The number of ether oxygens (including phenoxy) is 1. The van der Waals surface area contributed by atoms with Crippen LogP contribution in [0.25, 0.3) is 10.8 Å². The molecule has 0 spiro atoms. The van der Waals surface area contributed by atoms with E-state index in [1.807, 2.05) is 23.6 Å².